The maximum absolute atomic E-state index is 14.0. The molecule has 0 bridgehead atoms. The van der Waals surface area contributed by atoms with Crippen molar-refractivity contribution in [3.8, 4) is 0 Å². The molecular formula is C15H12ClFN2O. The van der Waals surface area contributed by atoms with Gasteiger partial charge in [0.1, 0.15) is 12.0 Å². The molecular weight excluding hydrogens is 279 g/mol. The molecule has 1 amide bonds. The first-order valence-electron chi connectivity index (χ1n) is 6.16. The van der Waals surface area contributed by atoms with Crippen molar-refractivity contribution in [3.05, 3.63) is 64.4 Å². The molecule has 20 heavy (non-hydrogen) atoms. The summed E-state index contributed by atoms with van der Waals surface area (Å²) in [4.78, 5) is 13.9. The fourth-order valence-corrected chi connectivity index (χ4v) is 2.72. The number of nitrogens with zero attached hydrogens (tertiary/aromatic N) is 1. The molecule has 1 atom stereocenters. The van der Waals surface area contributed by atoms with Gasteiger partial charge >= 0.3 is 0 Å². The number of halogens is 2. The molecule has 3 nitrogen and oxygen atoms in total. The van der Waals surface area contributed by atoms with Crippen LogP contribution in [0.1, 0.15) is 22.1 Å². The molecule has 2 aromatic carbocycles. The zero-order chi connectivity index (χ0) is 14.3. The number of para-hydroxylation sites is 1. The van der Waals surface area contributed by atoms with Crippen molar-refractivity contribution < 1.29 is 9.18 Å². The van der Waals surface area contributed by atoms with E-state index in [9.17, 15) is 9.18 Å². The highest BCUT2D eigenvalue weighted by Crippen LogP contribution is 2.35. The van der Waals surface area contributed by atoms with E-state index in [2.05, 4.69) is 5.32 Å². The molecule has 0 saturated heterocycles. The number of hydrogen-bond donors (Lipinski definition) is 1. The molecule has 0 fully saturated rings. The van der Waals surface area contributed by atoms with Crippen molar-refractivity contribution in [2.24, 2.45) is 0 Å². The van der Waals surface area contributed by atoms with Gasteiger partial charge in [-0.1, -0.05) is 29.8 Å². The summed E-state index contributed by atoms with van der Waals surface area (Å²) in [6.07, 6.45) is -0.619. The van der Waals surface area contributed by atoms with E-state index in [0.717, 1.165) is 5.69 Å². The first-order chi connectivity index (χ1) is 9.59. The first kappa shape index (κ1) is 12.9. The zero-order valence-electron chi connectivity index (χ0n) is 10.7. The van der Waals surface area contributed by atoms with E-state index in [4.69, 9.17) is 11.6 Å². The van der Waals surface area contributed by atoms with Gasteiger partial charge in [-0.05, 0) is 24.3 Å². The summed E-state index contributed by atoms with van der Waals surface area (Å²) in [7, 11) is 1.80. The normalized spacial score (nSPS) is 17.6. The van der Waals surface area contributed by atoms with Gasteiger partial charge in [0.15, 0.2) is 0 Å². The molecule has 0 spiro atoms. The average molecular weight is 291 g/mol. The maximum Gasteiger partial charge on any atom is 0.255 e. The van der Waals surface area contributed by atoms with E-state index in [0.29, 0.717) is 10.6 Å². The van der Waals surface area contributed by atoms with Crippen LogP contribution in [-0.4, -0.2) is 13.0 Å². The maximum atomic E-state index is 14.0. The van der Waals surface area contributed by atoms with E-state index in [-0.39, 0.29) is 11.5 Å². The van der Waals surface area contributed by atoms with Gasteiger partial charge in [0, 0.05) is 12.6 Å². The van der Waals surface area contributed by atoms with Crippen molar-refractivity contribution in [1.29, 1.82) is 0 Å². The molecule has 0 saturated carbocycles. The second kappa shape index (κ2) is 4.80. The number of carbonyl (C=O) groups is 1. The second-order valence-electron chi connectivity index (χ2n) is 4.64. The minimum atomic E-state index is -0.619. The molecule has 102 valence electrons. The number of amides is 1. The number of fused-ring (bicyclic) bond motifs is 1. The zero-order valence-corrected chi connectivity index (χ0v) is 11.5. The summed E-state index contributed by atoms with van der Waals surface area (Å²) < 4.78 is 14.0. The van der Waals surface area contributed by atoms with E-state index < -0.39 is 12.0 Å². The van der Waals surface area contributed by atoms with Crippen LogP contribution in [0, 0.1) is 5.82 Å². The third-order valence-electron chi connectivity index (χ3n) is 3.46. The van der Waals surface area contributed by atoms with Crippen LogP contribution >= 0.6 is 11.6 Å². The fraction of sp³-hybridized carbons (Fsp3) is 0.133. The number of benzene rings is 2. The Balaban J connectivity index is 2.12. The highest BCUT2D eigenvalue weighted by atomic mass is 35.5. The minimum absolute atomic E-state index is 0.233. The van der Waals surface area contributed by atoms with Crippen LogP contribution in [-0.2, 0) is 0 Å². The van der Waals surface area contributed by atoms with Gasteiger partial charge in [-0.3, -0.25) is 4.79 Å². The summed E-state index contributed by atoms with van der Waals surface area (Å²) in [5.74, 6) is -0.669. The van der Waals surface area contributed by atoms with Gasteiger partial charge < -0.3 is 10.2 Å². The van der Waals surface area contributed by atoms with Crippen molar-refractivity contribution in [3.63, 3.8) is 0 Å². The smallest absolute Gasteiger partial charge is 0.255 e. The molecule has 5 heteroatoms. The van der Waals surface area contributed by atoms with E-state index in [1.807, 2.05) is 12.1 Å². The Morgan fingerprint density at radius 1 is 1.20 bits per heavy atom. The summed E-state index contributed by atoms with van der Waals surface area (Å²) in [6.45, 7) is 0. The molecule has 2 aromatic rings. The van der Waals surface area contributed by atoms with Gasteiger partial charge in [-0.2, -0.15) is 0 Å². The Morgan fingerprint density at radius 2 is 1.95 bits per heavy atom. The Kier molecular flexibility index (Phi) is 3.10. The van der Waals surface area contributed by atoms with Crippen LogP contribution in [0.5, 0.6) is 0 Å². The highest BCUT2D eigenvalue weighted by molar-refractivity contribution is 6.31. The van der Waals surface area contributed by atoms with Crippen LogP contribution in [0.3, 0.4) is 0 Å². The number of carbonyl (C=O) groups excluding carboxylic acids is 1. The summed E-state index contributed by atoms with van der Waals surface area (Å²) >= 11 is 6.08. The average Bonchev–Trinajstić information content (AvgIpc) is 2.44. The number of hydrogen-bond acceptors (Lipinski definition) is 2. The van der Waals surface area contributed by atoms with Gasteiger partial charge in [-0.25, -0.2) is 4.39 Å². The lowest BCUT2D eigenvalue weighted by molar-refractivity contribution is 0.0927. The molecule has 1 aliphatic rings. The summed E-state index contributed by atoms with van der Waals surface area (Å²) in [5.41, 5.74) is 1.60. The van der Waals surface area contributed by atoms with Crippen LogP contribution in [0.15, 0.2) is 42.5 Å². The van der Waals surface area contributed by atoms with Crippen molar-refractivity contribution in [1.82, 2.24) is 5.32 Å². The van der Waals surface area contributed by atoms with Crippen molar-refractivity contribution in [2.45, 2.75) is 6.17 Å². The largest absolute Gasteiger partial charge is 0.350 e. The van der Waals surface area contributed by atoms with E-state index >= 15 is 0 Å². The molecule has 0 aliphatic carbocycles. The van der Waals surface area contributed by atoms with Crippen LogP contribution in [0.2, 0.25) is 5.02 Å². The molecule has 1 heterocycles. The monoisotopic (exact) mass is 290 g/mol. The Hall–Kier alpha value is -2.07. The molecule has 1 N–H and O–H groups in total. The highest BCUT2D eigenvalue weighted by Gasteiger charge is 2.31. The minimum Gasteiger partial charge on any atom is -0.350 e. The first-order valence-corrected chi connectivity index (χ1v) is 6.54. The SMILES string of the molecule is CN1c2ccccc2C(=O)NC1c1c(F)cccc1Cl. The summed E-state index contributed by atoms with van der Waals surface area (Å²) in [5, 5.41) is 3.08. The Morgan fingerprint density at radius 3 is 2.70 bits per heavy atom. The van der Waals surface area contributed by atoms with Crippen molar-refractivity contribution >= 4 is 23.2 Å². The van der Waals surface area contributed by atoms with Crippen LogP contribution in [0.4, 0.5) is 10.1 Å². The van der Waals surface area contributed by atoms with Gasteiger partial charge in [-0.15, -0.1) is 0 Å². The molecule has 0 aromatic heterocycles. The fourth-order valence-electron chi connectivity index (χ4n) is 2.45. The third-order valence-corrected chi connectivity index (χ3v) is 3.79. The third kappa shape index (κ3) is 1.93. The van der Waals surface area contributed by atoms with Gasteiger partial charge in [0.05, 0.1) is 16.3 Å². The molecule has 3 rings (SSSR count). The number of anilines is 1. The van der Waals surface area contributed by atoms with Gasteiger partial charge in [0.2, 0.25) is 0 Å². The second-order valence-corrected chi connectivity index (χ2v) is 5.05. The predicted molar refractivity (Wildman–Crippen MR) is 76.5 cm³/mol. The standard InChI is InChI=1S/C15H12ClFN2O/c1-19-12-8-3-2-5-9(12)15(20)18-14(19)13-10(16)6-4-7-11(13)17/h2-8,14H,1H3,(H,18,20). The van der Waals surface area contributed by atoms with Gasteiger partial charge in [0.25, 0.3) is 5.91 Å². The topological polar surface area (TPSA) is 32.3 Å². The predicted octanol–water partition coefficient (Wildman–Crippen LogP) is 3.36. The van der Waals surface area contributed by atoms with E-state index in [1.165, 1.54) is 6.07 Å². The lowest BCUT2D eigenvalue weighted by atomic mass is 10.0. The van der Waals surface area contributed by atoms with E-state index in [1.54, 1.807) is 36.2 Å². The van der Waals surface area contributed by atoms with Crippen LogP contribution < -0.4 is 10.2 Å². The Bertz CT molecular complexity index is 669. The Labute approximate surface area is 121 Å². The quantitative estimate of drug-likeness (QED) is 0.873. The lowest BCUT2D eigenvalue weighted by Gasteiger charge is -2.36. The lowest BCUT2D eigenvalue weighted by Crippen LogP contribution is -2.45. The summed E-state index contributed by atoms with van der Waals surface area (Å²) in [6, 6.07) is 11.7. The molecule has 1 aliphatic heterocycles. The van der Waals surface area contributed by atoms with Crippen LogP contribution in [0.25, 0.3) is 0 Å². The number of nitrogens with one attached hydrogen (secondary N) is 1. The molecule has 1 unspecified atom stereocenters. The molecule has 0 radical (unpaired) electrons. The van der Waals surface area contributed by atoms with Crippen molar-refractivity contribution in [2.75, 3.05) is 11.9 Å². The number of rotatable bonds is 1.